The molecule has 1 heterocycles. The Balaban J connectivity index is 2.61. The third kappa shape index (κ3) is 3.38. The van der Waals surface area contributed by atoms with Crippen molar-refractivity contribution in [2.75, 3.05) is 6.54 Å². The van der Waals surface area contributed by atoms with E-state index in [1.165, 1.54) is 6.26 Å². The van der Waals surface area contributed by atoms with Crippen molar-refractivity contribution >= 4 is 5.91 Å². The summed E-state index contributed by atoms with van der Waals surface area (Å²) >= 11 is 0. The topological polar surface area (TPSA) is 68.3 Å². The monoisotopic (exact) mass is 224 g/mol. The molecule has 4 heteroatoms. The molecule has 0 saturated carbocycles. The summed E-state index contributed by atoms with van der Waals surface area (Å²) < 4.78 is 5.10. The summed E-state index contributed by atoms with van der Waals surface area (Å²) in [5.74, 6) is 1.02. The van der Waals surface area contributed by atoms with E-state index in [0.29, 0.717) is 18.0 Å². The zero-order valence-electron chi connectivity index (χ0n) is 10.1. The molecule has 4 nitrogen and oxygen atoms in total. The predicted molar refractivity (Wildman–Crippen MR) is 63.2 cm³/mol. The van der Waals surface area contributed by atoms with Crippen LogP contribution < -0.4 is 11.1 Å². The van der Waals surface area contributed by atoms with E-state index in [1.807, 2.05) is 6.92 Å². The second-order valence-corrected chi connectivity index (χ2v) is 4.35. The molecular weight excluding hydrogens is 204 g/mol. The summed E-state index contributed by atoms with van der Waals surface area (Å²) in [5, 5.41) is 2.97. The summed E-state index contributed by atoms with van der Waals surface area (Å²) in [6.45, 7) is 6.53. The molecule has 16 heavy (non-hydrogen) atoms. The molecule has 1 rings (SSSR count). The smallest absolute Gasteiger partial charge is 0.254 e. The van der Waals surface area contributed by atoms with Crippen molar-refractivity contribution in [2.45, 2.75) is 33.2 Å². The van der Waals surface area contributed by atoms with Gasteiger partial charge in [0.2, 0.25) is 0 Å². The van der Waals surface area contributed by atoms with Crippen LogP contribution >= 0.6 is 0 Å². The van der Waals surface area contributed by atoms with Gasteiger partial charge in [-0.15, -0.1) is 0 Å². The van der Waals surface area contributed by atoms with Crippen molar-refractivity contribution in [3.05, 3.63) is 23.7 Å². The van der Waals surface area contributed by atoms with Gasteiger partial charge in [-0.25, -0.2) is 0 Å². The number of amides is 1. The van der Waals surface area contributed by atoms with Gasteiger partial charge in [0, 0.05) is 6.04 Å². The Morgan fingerprint density at radius 3 is 2.69 bits per heavy atom. The number of aryl methyl sites for hydroxylation is 1. The standard InChI is InChI=1S/C12H20N2O2/c1-8(2)11(4-5-13)14-12(15)10-6-9(3)16-7-10/h6-8,11H,4-5,13H2,1-3H3,(H,14,15). The lowest BCUT2D eigenvalue weighted by Crippen LogP contribution is -2.39. The average Bonchev–Trinajstić information content (AvgIpc) is 2.64. The molecule has 0 aliphatic carbocycles. The van der Waals surface area contributed by atoms with Gasteiger partial charge in [0.05, 0.1) is 5.56 Å². The predicted octanol–water partition coefficient (Wildman–Crippen LogP) is 1.69. The molecule has 0 spiro atoms. The van der Waals surface area contributed by atoms with Crippen LogP contribution in [-0.4, -0.2) is 18.5 Å². The van der Waals surface area contributed by atoms with Crippen LogP contribution in [0.1, 0.15) is 36.4 Å². The van der Waals surface area contributed by atoms with E-state index in [1.54, 1.807) is 6.07 Å². The molecule has 3 N–H and O–H groups in total. The van der Waals surface area contributed by atoms with E-state index < -0.39 is 0 Å². The van der Waals surface area contributed by atoms with Gasteiger partial charge in [0.1, 0.15) is 12.0 Å². The maximum absolute atomic E-state index is 11.8. The molecule has 1 amide bonds. The Bertz CT molecular complexity index is 345. The zero-order valence-corrected chi connectivity index (χ0v) is 10.1. The normalized spacial score (nSPS) is 12.8. The third-order valence-electron chi connectivity index (χ3n) is 2.59. The van der Waals surface area contributed by atoms with Crippen molar-refractivity contribution in [3.63, 3.8) is 0 Å². The summed E-state index contributed by atoms with van der Waals surface area (Å²) in [5.41, 5.74) is 6.09. The van der Waals surface area contributed by atoms with Gasteiger partial charge in [-0.1, -0.05) is 13.8 Å². The van der Waals surface area contributed by atoms with Crippen molar-refractivity contribution in [1.82, 2.24) is 5.32 Å². The highest BCUT2D eigenvalue weighted by Crippen LogP contribution is 2.09. The van der Waals surface area contributed by atoms with Gasteiger partial charge >= 0.3 is 0 Å². The second kappa shape index (κ2) is 5.70. The molecule has 90 valence electrons. The fourth-order valence-corrected chi connectivity index (χ4v) is 1.57. The minimum atomic E-state index is -0.0935. The molecule has 0 bridgehead atoms. The van der Waals surface area contributed by atoms with Gasteiger partial charge < -0.3 is 15.5 Å². The summed E-state index contributed by atoms with van der Waals surface area (Å²) in [6, 6.07) is 1.85. The molecule has 1 atom stereocenters. The van der Waals surface area contributed by atoms with Crippen LogP contribution in [0.4, 0.5) is 0 Å². The molecule has 1 aromatic rings. The maximum atomic E-state index is 11.8. The SMILES string of the molecule is Cc1cc(C(=O)NC(CCN)C(C)C)co1. The van der Waals surface area contributed by atoms with Crippen LogP contribution in [0.5, 0.6) is 0 Å². The largest absolute Gasteiger partial charge is 0.469 e. The Kier molecular flexibility index (Phi) is 4.55. The Morgan fingerprint density at radius 2 is 2.25 bits per heavy atom. The number of carbonyl (C=O) groups is 1. The number of nitrogens with one attached hydrogen (secondary N) is 1. The number of hydrogen-bond donors (Lipinski definition) is 2. The lowest BCUT2D eigenvalue weighted by Gasteiger charge is -2.21. The van der Waals surface area contributed by atoms with Crippen LogP contribution in [0.2, 0.25) is 0 Å². The lowest BCUT2D eigenvalue weighted by molar-refractivity contribution is 0.0923. The van der Waals surface area contributed by atoms with E-state index in [0.717, 1.165) is 12.2 Å². The minimum absolute atomic E-state index is 0.0935. The summed E-state index contributed by atoms with van der Waals surface area (Å²) in [4.78, 5) is 11.8. The Labute approximate surface area is 96.2 Å². The molecule has 0 fully saturated rings. The van der Waals surface area contributed by atoms with E-state index in [4.69, 9.17) is 10.2 Å². The van der Waals surface area contributed by atoms with Gasteiger partial charge in [-0.05, 0) is 31.9 Å². The van der Waals surface area contributed by atoms with Gasteiger partial charge in [-0.3, -0.25) is 4.79 Å². The quantitative estimate of drug-likeness (QED) is 0.799. The van der Waals surface area contributed by atoms with E-state index in [-0.39, 0.29) is 11.9 Å². The van der Waals surface area contributed by atoms with E-state index in [9.17, 15) is 4.79 Å². The highest BCUT2D eigenvalue weighted by Gasteiger charge is 2.17. The van der Waals surface area contributed by atoms with Crippen molar-refractivity contribution in [3.8, 4) is 0 Å². The molecule has 0 aliphatic rings. The van der Waals surface area contributed by atoms with Crippen molar-refractivity contribution in [1.29, 1.82) is 0 Å². The molecule has 1 aromatic heterocycles. The maximum Gasteiger partial charge on any atom is 0.254 e. The first kappa shape index (κ1) is 12.8. The zero-order chi connectivity index (χ0) is 12.1. The fraction of sp³-hybridized carbons (Fsp3) is 0.583. The lowest BCUT2D eigenvalue weighted by atomic mass is 10.0. The van der Waals surface area contributed by atoms with Crippen LogP contribution in [0.25, 0.3) is 0 Å². The third-order valence-corrected chi connectivity index (χ3v) is 2.59. The average molecular weight is 224 g/mol. The molecular formula is C12H20N2O2. The van der Waals surface area contributed by atoms with E-state index >= 15 is 0 Å². The number of furan rings is 1. The molecule has 0 aliphatic heterocycles. The first-order chi connectivity index (χ1) is 7.54. The first-order valence-electron chi connectivity index (χ1n) is 5.60. The first-order valence-corrected chi connectivity index (χ1v) is 5.60. The Hall–Kier alpha value is -1.29. The van der Waals surface area contributed by atoms with Crippen LogP contribution in [-0.2, 0) is 0 Å². The van der Waals surface area contributed by atoms with Gasteiger partial charge in [-0.2, -0.15) is 0 Å². The summed E-state index contributed by atoms with van der Waals surface area (Å²) in [6.07, 6.45) is 2.27. The van der Waals surface area contributed by atoms with Crippen molar-refractivity contribution < 1.29 is 9.21 Å². The summed E-state index contributed by atoms with van der Waals surface area (Å²) in [7, 11) is 0. The van der Waals surface area contributed by atoms with Crippen LogP contribution in [0, 0.1) is 12.8 Å². The number of hydrogen-bond acceptors (Lipinski definition) is 3. The number of nitrogens with two attached hydrogens (primary N) is 1. The van der Waals surface area contributed by atoms with Gasteiger partial charge in [0.25, 0.3) is 5.91 Å². The van der Waals surface area contributed by atoms with E-state index in [2.05, 4.69) is 19.2 Å². The second-order valence-electron chi connectivity index (χ2n) is 4.35. The molecule has 1 unspecified atom stereocenters. The number of carbonyl (C=O) groups excluding carboxylic acids is 1. The molecule has 0 radical (unpaired) electrons. The highest BCUT2D eigenvalue weighted by atomic mass is 16.3. The van der Waals surface area contributed by atoms with Crippen LogP contribution in [0.15, 0.2) is 16.7 Å². The minimum Gasteiger partial charge on any atom is -0.469 e. The number of rotatable bonds is 5. The van der Waals surface area contributed by atoms with Crippen molar-refractivity contribution in [2.24, 2.45) is 11.7 Å². The Morgan fingerprint density at radius 1 is 1.56 bits per heavy atom. The fourth-order valence-electron chi connectivity index (χ4n) is 1.57. The van der Waals surface area contributed by atoms with Crippen LogP contribution in [0.3, 0.4) is 0 Å². The molecule has 0 aromatic carbocycles. The van der Waals surface area contributed by atoms with Gasteiger partial charge in [0.15, 0.2) is 0 Å². The highest BCUT2D eigenvalue weighted by molar-refractivity contribution is 5.94. The molecule has 0 saturated heterocycles.